The summed E-state index contributed by atoms with van der Waals surface area (Å²) in [5.74, 6) is -0.333. The average Bonchev–Trinajstić information content (AvgIpc) is 3.23. The number of benzene rings is 2. The third-order valence-electron chi connectivity index (χ3n) is 4.10. The van der Waals surface area contributed by atoms with Crippen LogP contribution in [0.15, 0.2) is 70.2 Å². The molecular weight excluding hydrogens is 408 g/mol. The molecule has 1 amide bonds. The highest BCUT2D eigenvalue weighted by atomic mass is 35.5. The molecule has 1 heterocycles. The van der Waals surface area contributed by atoms with Crippen molar-refractivity contribution in [3.8, 4) is 11.3 Å². The molecule has 0 bridgehead atoms. The Bertz CT molecular complexity index is 1060. The number of nitrogens with one attached hydrogen (secondary N) is 1. The standard InChI is InChI=1S/C22H19ClN2O5/c1-2-29-22(28)17-12-15(8-10-18(17)23)19-11-9-16(30-19)13-24-25-21(27)20(26)14-6-4-3-5-7-14/h3-13,20,26H,2H2,1H3,(H,25,27)/b24-13+. The average molecular weight is 427 g/mol. The molecule has 1 atom stereocenters. The number of aliphatic hydroxyl groups is 1. The summed E-state index contributed by atoms with van der Waals surface area (Å²) in [6.07, 6.45) is -0.0211. The Labute approximate surface area is 177 Å². The van der Waals surface area contributed by atoms with Gasteiger partial charge in [-0.1, -0.05) is 41.9 Å². The van der Waals surface area contributed by atoms with Crippen molar-refractivity contribution >= 4 is 29.7 Å². The summed E-state index contributed by atoms with van der Waals surface area (Å²) in [4.78, 5) is 24.0. The van der Waals surface area contributed by atoms with Gasteiger partial charge in [0.1, 0.15) is 11.5 Å². The monoisotopic (exact) mass is 426 g/mol. The summed E-state index contributed by atoms with van der Waals surface area (Å²) < 4.78 is 10.7. The van der Waals surface area contributed by atoms with Gasteiger partial charge in [0, 0.05) is 5.56 Å². The number of rotatable bonds is 7. The van der Waals surface area contributed by atoms with E-state index in [9.17, 15) is 14.7 Å². The van der Waals surface area contributed by atoms with Crippen LogP contribution in [0.2, 0.25) is 5.02 Å². The van der Waals surface area contributed by atoms with Crippen molar-refractivity contribution in [2.45, 2.75) is 13.0 Å². The second-order valence-electron chi connectivity index (χ2n) is 6.16. The van der Waals surface area contributed by atoms with Gasteiger partial charge in [-0.2, -0.15) is 5.10 Å². The lowest BCUT2D eigenvalue weighted by molar-refractivity contribution is -0.129. The van der Waals surface area contributed by atoms with E-state index in [1.54, 1.807) is 67.6 Å². The summed E-state index contributed by atoms with van der Waals surface area (Å²) in [6, 6.07) is 16.8. The number of halogens is 1. The maximum absolute atomic E-state index is 12.0. The van der Waals surface area contributed by atoms with Gasteiger partial charge in [0.05, 0.1) is 23.4 Å². The Hall–Kier alpha value is -3.42. The van der Waals surface area contributed by atoms with E-state index in [0.29, 0.717) is 22.6 Å². The molecule has 0 spiro atoms. The fraction of sp³-hybridized carbons (Fsp3) is 0.136. The van der Waals surface area contributed by atoms with Crippen molar-refractivity contribution in [1.29, 1.82) is 0 Å². The van der Waals surface area contributed by atoms with Gasteiger partial charge in [0.2, 0.25) is 0 Å². The highest BCUT2D eigenvalue weighted by Gasteiger charge is 2.16. The molecule has 3 aromatic rings. The minimum absolute atomic E-state index is 0.241. The molecule has 7 nitrogen and oxygen atoms in total. The van der Waals surface area contributed by atoms with E-state index < -0.39 is 18.0 Å². The molecule has 30 heavy (non-hydrogen) atoms. The van der Waals surface area contributed by atoms with Crippen LogP contribution in [-0.4, -0.2) is 29.8 Å². The smallest absolute Gasteiger partial charge is 0.339 e. The maximum atomic E-state index is 12.0. The van der Waals surface area contributed by atoms with Gasteiger partial charge in [-0.05, 0) is 42.8 Å². The van der Waals surface area contributed by atoms with E-state index in [2.05, 4.69) is 10.5 Å². The molecule has 3 rings (SSSR count). The van der Waals surface area contributed by atoms with Gasteiger partial charge in [-0.15, -0.1) is 0 Å². The van der Waals surface area contributed by atoms with Crippen LogP contribution < -0.4 is 5.43 Å². The predicted octanol–water partition coefficient (Wildman–Crippen LogP) is 3.96. The normalized spacial score (nSPS) is 12.0. The molecule has 1 aromatic heterocycles. The van der Waals surface area contributed by atoms with Crippen molar-refractivity contribution in [3.05, 3.63) is 82.6 Å². The van der Waals surface area contributed by atoms with Gasteiger partial charge in [0.25, 0.3) is 5.91 Å². The Balaban J connectivity index is 1.67. The molecule has 0 saturated carbocycles. The molecule has 2 aromatic carbocycles. The largest absolute Gasteiger partial charge is 0.462 e. The second-order valence-corrected chi connectivity index (χ2v) is 6.57. The van der Waals surface area contributed by atoms with Gasteiger partial charge >= 0.3 is 5.97 Å². The zero-order chi connectivity index (χ0) is 21.5. The molecule has 0 radical (unpaired) electrons. The molecule has 0 aliphatic heterocycles. The Morgan fingerprint density at radius 1 is 1.20 bits per heavy atom. The third-order valence-corrected chi connectivity index (χ3v) is 4.43. The highest BCUT2D eigenvalue weighted by molar-refractivity contribution is 6.33. The van der Waals surface area contributed by atoms with Crippen LogP contribution in [-0.2, 0) is 9.53 Å². The number of amides is 1. The van der Waals surface area contributed by atoms with Crippen LogP contribution in [0.5, 0.6) is 0 Å². The Kier molecular flexibility index (Phi) is 7.00. The van der Waals surface area contributed by atoms with Gasteiger partial charge in [-0.3, -0.25) is 4.79 Å². The summed E-state index contributed by atoms with van der Waals surface area (Å²) >= 11 is 6.07. The summed E-state index contributed by atoms with van der Waals surface area (Å²) in [6.45, 7) is 1.96. The quantitative estimate of drug-likeness (QED) is 0.338. The second kappa shape index (κ2) is 9.87. The van der Waals surface area contributed by atoms with Gasteiger partial charge < -0.3 is 14.3 Å². The van der Waals surface area contributed by atoms with Crippen molar-refractivity contribution in [2.24, 2.45) is 5.10 Å². The van der Waals surface area contributed by atoms with E-state index in [4.69, 9.17) is 20.8 Å². The van der Waals surface area contributed by atoms with Crippen LogP contribution in [0, 0.1) is 0 Å². The van der Waals surface area contributed by atoms with Crippen molar-refractivity contribution in [2.75, 3.05) is 6.61 Å². The number of hydrogen-bond donors (Lipinski definition) is 2. The zero-order valence-corrected chi connectivity index (χ0v) is 16.8. The lowest BCUT2D eigenvalue weighted by Crippen LogP contribution is -2.25. The van der Waals surface area contributed by atoms with Gasteiger partial charge in [0.15, 0.2) is 6.10 Å². The third kappa shape index (κ3) is 5.14. The van der Waals surface area contributed by atoms with Crippen molar-refractivity contribution in [1.82, 2.24) is 5.43 Å². The predicted molar refractivity (Wildman–Crippen MR) is 112 cm³/mol. The number of carbonyl (C=O) groups is 2. The Morgan fingerprint density at radius 2 is 1.97 bits per heavy atom. The van der Waals surface area contributed by atoms with Crippen LogP contribution >= 0.6 is 11.6 Å². The number of carbonyl (C=O) groups excluding carboxylic acids is 2. The molecule has 0 saturated heterocycles. The van der Waals surface area contributed by atoms with Crippen LogP contribution in [0.1, 0.15) is 34.7 Å². The highest BCUT2D eigenvalue weighted by Crippen LogP contribution is 2.27. The molecule has 8 heteroatoms. The maximum Gasteiger partial charge on any atom is 0.339 e. The minimum Gasteiger partial charge on any atom is -0.462 e. The van der Waals surface area contributed by atoms with Gasteiger partial charge in [-0.25, -0.2) is 10.2 Å². The topological polar surface area (TPSA) is 101 Å². The SMILES string of the molecule is CCOC(=O)c1cc(-c2ccc(/C=N/NC(=O)C(O)c3ccccc3)o2)ccc1Cl. The number of hydrogen-bond acceptors (Lipinski definition) is 6. The van der Waals surface area contributed by atoms with Crippen LogP contribution in [0.3, 0.4) is 0 Å². The van der Waals surface area contributed by atoms with Crippen LogP contribution in [0.25, 0.3) is 11.3 Å². The van der Waals surface area contributed by atoms with E-state index in [0.717, 1.165) is 0 Å². The summed E-state index contributed by atoms with van der Waals surface area (Å²) in [7, 11) is 0. The van der Waals surface area contributed by atoms with E-state index in [1.165, 1.54) is 6.21 Å². The number of aliphatic hydroxyl groups excluding tert-OH is 1. The zero-order valence-electron chi connectivity index (χ0n) is 16.0. The van der Waals surface area contributed by atoms with E-state index >= 15 is 0 Å². The number of hydrazone groups is 1. The number of nitrogens with zero attached hydrogens (tertiary/aromatic N) is 1. The lowest BCUT2D eigenvalue weighted by atomic mass is 10.1. The summed E-state index contributed by atoms with van der Waals surface area (Å²) in [5, 5.41) is 14.1. The number of ether oxygens (including phenoxy) is 1. The molecule has 2 N–H and O–H groups in total. The Morgan fingerprint density at radius 3 is 2.70 bits per heavy atom. The first kappa shape index (κ1) is 21.3. The fourth-order valence-electron chi connectivity index (χ4n) is 2.63. The fourth-order valence-corrected chi connectivity index (χ4v) is 2.82. The first-order chi connectivity index (χ1) is 14.5. The molecule has 1 unspecified atom stereocenters. The molecular formula is C22H19ClN2O5. The van der Waals surface area contributed by atoms with Crippen LogP contribution in [0.4, 0.5) is 0 Å². The molecule has 0 aliphatic rings. The molecule has 154 valence electrons. The van der Waals surface area contributed by atoms with E-state index in [-0.39, 0.29) is 17.2 Å². The number of esters is 1. The first-order valence-corrected chi connectivity index (χ1v) is 9.50. The molecule has 0 fully saturated rings. The first-order valence-electron chi connectivity index (χ1n) is 9.12. The minimum atomic E-state index is -1.33. The summed E-state index contributed by atoms with van der Waals surface area (Å²) in [5.41, 5.74) is 3.60. The van der Waals surface area contributed by atoms with Crippen molar-refractivity contribution < 1.29 is 23.8 Å². The number of furan rings is 1. The molecule has 0 aliphatic carbocycles. The lowest BCUT2D eigenvalue weighted by Gasteiger charge is -2.08. The van der Waals surface area contributed by atoms with Crippen molar-refractivity contribution in [3.63, 3.8) is 0 Å². The van der Waals surface area contributed by atoms with E-state index in [1.807, 2.05) is 0 Å².